The molecule has 1 heterocycles. The van der Waals surface area contributed by atoms with Crippen molar-refractivity contribution in [1.29, 1.82) is 0 Å². The molecule has 0 spiro atoms. The van der Waals surface area contributed by atoms with E-state index >= 15 is 0 Å². The lowest BCUT2D eigenvalue weighted by Gasteiger charge is -2.52. The lowest BCUT2D eigenvalue weighted by Crippen LogP contribution is -2.54. The Morgan fingerprint density at radius 1 is 0.756 bits per heavy atom. The van der Waals surface area contributed by atoms with Crippen molar-refractivity contribution in [3.8, 4) is 5.75 Å². The standard InChI is InChI=1S/C36H26N2O3/c1-41-24-13-9-12-23(20-24)37-21-36-28-17-6-4-15-26(28)31(27-16-5-7-18-29(27)36)32-33(36)35(40)38(34(32)39)30-19-8-11-22-10-2-3-14-25(22)30/h2-21,31-33H,1H3/t31?,32-,33-,36?/m0/s1. The molecule has 9 rings (SSSR count). The van der Waals surface area contributed by atoms with Crippen LogP contribution in [0.5, 0.6) is 5.75 Å². The Labute approximate surface area is 237 Å². The van der Waals surface area contributed by atoms with Gasteiger partial charge < -0.3 is 4.74 Å². The predicted molar refractivity (Wildman–Crippen MR) is 160 cm³/mol. The van der Waals surface area contributed by atoms with E-state index in [9.17, 15) is 9.59 Å². The topological polar surface area (TPSA) is 59.0 Å². The van der Waals surface area contributed by atoms with E-state index in [0.717, 1.165) is 38.7 Å². The Hall–Kier alpha value is -5.03. The fourth-order valence-corrected chi connectivity index (χ4v) is 7.56. The first kappa shape index (κ1) is 23.8. The molecule has 0 unspecified atom stereocenters. The van der Waals surface area contributed by atoms with Crippen molar-refractivity contribution >= 4 is 40.2 Å². The molecule has 0 radical (unpaired) electrons. The van der Waals surface area contributed by atoms with Crippen molar-refractivity contribution in [1.82, 2.24) is 0 Å². The predicted octanol–water partition coefficient (Wildman–Crippen LogP) is 6.80. The highest BCUT2D eigenvalue weighted by molar-refractivity contribution is 6.27. The second kappa shape index (κ2) is 8.73. The lowest BCUT2D eigenvalue weighted by atomic mass is 9.47. The van der Waals surface area contributed by atoms with Crippen LogP contribution in [-0.2, 0) is 15.0 Å². The summed E-state index contributed by atoms with van der Waals surface area (Å²) in [4.78, 5) is 35.7. The van der Waals surface area contributed by atoms with Crippen molar-refractivity contribution in [2.24, 2.45) is 16.8 Å². The molecule has 0 N–H and O–H groups in total. The third kappa shape index (κ3) is 3.14. The number of ether oxygens (including phenoxy) is 1. The van der Waals surface area contributed by atoms with Crippen LogP contribution in [0.3, 0.4) is 0 Å². The first-order chi connectivity index (χ1) is 20.1. The van der Waals surface area contributed by atoms with Crippen molar-refractivity contribution in [3.05, 3.63) is 138 Å². The number of carbonyl (C=O) groups excluding carboxylic acids is 2. The molecule has 5 aromatic carbocycles. The lowest BCUT2D eigenvalue weighted by molar-refractivity contribution is -0.122. The average Bonchev–Trinajstić information content (AvgIpc) is 3.30. The molecule has 1 aliphatic heterocycles. The van der Waals surface area contributed by atoms with Gasteiger partial charge in [0, 0.05) is 23.6 Å². The number of methoxy groups -OCH3 is 1. The second-order valence-electron chi connectivity index (χ2n) is 11.0. The van der Waals surface area contributed by atoms with Crippen molar-refractivity contribution in [2.75, 3.05) is 12.0 Å². The summed E-state index contributed by atoms with van der Waals surface area (Å²) in [6, 6.07) is 37.8. The van der Waals surface area contributed by atoms with Crippen LogP contribution in [0.2, 0.25) is 0 Å². The van der Waals surface area contributed by atoms with Gasteiger partial charge in [-0.05, 0) is 45.8 Å². The Morgan fingerprint density at radius 3 is 2.17 bits per heavy atom. The van der Waals surface area contributed by atoms with E-state index < -0.39 is 17.3 Å². The minimum atomic E-state index is -0.915. The van der Waals surface area contributed by atoms with Gasteiger partial charge in [0.1, 0.15) is 5.75 Å². The van der Waals surface area contributed by atoms with Gasteiger partial charge in [-0.25, -0.2) is 4.90 Å². The summed E-state index contributed by atoms with van der Waals surface area (Å²) in [6.07, 6.45) is 1.92. The van der Waals surface area contributed by atoms with Crippen molar-refractivity contribution < 1.29 is 14.3 Å². The summed E-state index contributed by atoms with van der Waals surface area (Å²) in [7, 11) is 1.63. The first-order valence-corrected chi connectivity index (χ1v) is 13.9. The molecule has 4 aliphatic rings. The minimum absolute atomic E-state index is 0.149. The molecule has 0 aromatic heterocycles. The normalized spacial score (nSPS) is 24.0. The van der Waals surface area contributed by atoms with Crippen LogP contribution in [-0.4, -0.2) is 25.1 Å². The molecular formula is C36H26N2O3. The van der Waals surface area contributed by atoms with Crippen molar-refractivity contribution in [3.63, 3.8) is 0 Å². The number of rotatable bonds is 4. The Balaban J connectivity index is 1.39. The van der Waals surface area contributed by atoms with E-state index in [0.29, 0.717) is 11.4 Å². The average molecular weight is 535 g/mol. The molecule has 41 heavy (non-hydrogen) atoms. The maximum atomic E-state index is 14.7. The van der Waals surface area contributed by atoms with Crippen LogP contribution in [0.25, 0.3) is 10.8 Å². The van der Waals surface area contributed by atoms with Crippen LogP contribution in [0.4, 0.5) is 11.4 Å². The Bertz CT molecular complexity index is 1870. The summed E-state index contributed by atoms with van der Waals surface area (Å²) in [5.41, 5.74) is 4.70. The highest BCUT2D eigenvalue weighted by Gasteiger charge is 2.68. The fourth-order valence-electron chi connectivity index (χ4n) is 7.56. The number of benzene rings is 5. The van der Waals surface area contributed by atoms with Gasteiger partial charge in [0.15, 0.2) is 0 Å². The molecule has 1 fully saturated rings. The maximum absolute atomic E-state index is 14.7. The monoisotopic (exact) mass is 534 g/mol. The van der Waals surface area contributed by atoms with Gasteiger partial charge in [-0.1, -0.05) is 91.0 Å². The smallest absolute Gasteiger partial charge is 0.239 e. The molecule has 3 aliphatic carbocycles. The number of fused-ring (bicyclic) bond motifs is 1. The molecule has 5 nitrogen and oxygen atoms in total. The van der Waals surface area contributed by atoms with Gasteiger partial charge in [0.25, 0.3) is 0 Å². The molecular weight excluding hydrogens is 508 g/mol. The first-order valence-electron chi connectivity index (χ1n) is 13.9. The molecule has 2 atom stereocenters. The fraction of sp³-hybridized carbons (Fsp3) is 0.139. The largest absolute Gasteiger partial charge is 0.497 e. The van der Waals surface area contributed by atoms with Gasteiger partial charge in [0.05, 0.1) is 35.7 Å². The van der Waals surface area contributed by atoms with E-state index in [2.05, 4.69) is 24.3 Å². The number of anilines is 1. The minimum Gasteiger partial charge on any atom is -0.497 e. The molecule has 1 saturated heterocycles. The zero-order chi connectivity index (χ0) is 27.7. The zero-order valence-corrected chi connectivity index (χ0v) is 22.4. The molecule has 5 aromatic rings. The number of hydrogen-bond acceptors (Lipinski definition) is 4. The quantitative estimate of drug-likeness (QED) is 0.188. The second-order valence-corrected chi connectivity index (χ2v) is 11.0. The number of nitrogens with zero attached hydrogens (tertiary/aromatic N) is 2. The zero-order valence-electron chi connectivity index (χ0n) is 22.4. The van der Waals surface area contributed by atoms with Crippen LogP contribution < -0.4 is 9.64 Å². The van der Waals surface area contributed by atoms with Gasteiger partial charge in [0.2, 0.25) is 11.8 Å². The van der Waals surface area contributed by atoms with E-state index in [1.807, 2.05) is 97.2 Å². The molecule has 2 bridgehead atoms. The van der Waals surface area contributed by atoms with Crippen molar-refractivity contribution in [2.45, 2.75) is 11.3 Å². The summed E-state index contributed by atoms with van der Waals surface area (Å²) >= 11 is 0. The highest BCUT2D eigenvalue weighted by Crippen LogP contribution is 2.64. The van der Waals surface area contributed by atoms with E-state index in [1.54, 1.807) is 7.11 Å². The Kier molecular flexibility index (Phi) is 5.08. The van der Waals surface area contributed by atoms with Crippen LogP contribution in [0.1, 0.15) is 28.2 Å². The SMILES string of the molecule is COc1cccc(N=CC23c4ccccc4C(c4ccccc42)[C@@H]2C(=O)N(c4cccc5ccccc45)C(=O)[C@H]23)c1. The highest BCUT2D eigenvalue weighted by atomic mass is 16.5. The summed E-state index contributed by atoms with van der Waals surface area (Å²) in [5.74, 6) is -0.999. The van der Waals surface area contributed by atoms with E-state index in [-0.39, 0.29) is 17.7 Å². The maximum Gasteiger partial charge on any atom is 0.239 e. The van der Waals surface area contributed by atoms with E-state index in [1.165, 1.54) is 4.90 Å². The third-order valence-electron chi connectivity index (χ3n) is 9.16. The molecule has 5 heteroatoms. The van der Waals surface area contributed by atoms with Gasteiger partial charge >= 0.3 is 0 Å². The Morgan fingerprint density at radius 2 is 1.41 bits per heavy atom. The molecule has 2 amide bonds. The third-order valence-corrected chi connectivity index (χ3v) is 9.16. The van der Waals surface area contributed by atoms with Crippen LogP contribution in [0.15, 0.2) is 120 Å². The number of aliphatic imine (C=N–C) groups is 1. The molecule has 0 saturated carbocycles. The number of imide groups is 1. The van der Waals surface area contributed by atoms with Gasteiger partial charge in [-0.15, -0.1) is 0 Å². The summed E-state index contributed by atoms with van der Waals surface area (Å²) in [6.45, 7) is 0. The van der Waals surface area contributed by atoms with Gasteiger partial charge in [-0.3, -0.25) is 14.6 Å². The van der Waals surface area contributed by atoms with Gasteiger partial charge in [-0.2, -0.15) is 0 Å². The van der Waals surface area contributed by atoms with E-state index in [4.69, 9.17) is 9.73 Å². The summed E-state index contributed by atoms with van der Waals surface area (Å²) < 4.78 is 5.44. The number of amides is 2. The van der Waals surface area contributed by atoms with Crippen LogP contribution >= 0.6 is 0 Å². The van der Waals surface area contributed by atoms with Crippen LogP contribution in [0, 0.1) is 11.8 Å². The number of hydrogen-bond donors (Lipinski definition) is 0. The number of carbonyl (C=O) groups is 2. The molecule has 198 valence electrons. The summed E-state index contributed by atoms with van der Waals surface area (Å²) in [5, 5.41) is 1.88.